The van der Waals surface area contributed by atoms with E-state index in [1.165, 1.54) is 19.3 Å². The van der Waals surface area contributed by atoms with Gasteiger partial charge in [0.2, 0.25) is 0 Å². The highest BCUT2D eigenvalue weighted by Gasteiger charge is 2.23. The second kappa shape index (κ2) is 8.94. The number of nitrogens with one attached hydrogen (secondary N) is 2. The Bertz CT molecular complexity index is 284. The summed E-state index contributed by atoms with van der Waals surface area (Å²) in [6, 6.07) is 0.191. The summed E-state index contributed by atoms with van der Waals surface area (Å²) < 4.78 is 0. The van der Waals surface area contributed by atoms with E-state index >= 15 is 0 Å². The first-order valence-electron chi connectivity index (χ1n) is 7.76. The molecule has 1 saturated carbocycles. The Morgan fingerprint density at radius 1 is 1.00 bits per heavy atom. The van der Waals surface area contributed by atoms with Gasteiger partial charge >= 0.3 is 11.8 Å². The van der Waals surface area contributed by atoms with Crippen LogP contribution in [0.15, 0.2) is 0 Å². The summed E-state index contributed by atoms with van der Waals surface area (Å²) in [5.41, 5.74) is 0. The number of rotatable bonds is 6. The summed E-state index contributed by atoms with van der Waals surface area (Å²) in [7, 11) is 0. The average Bonchev–Trinajstić information content (AvgIpc) is 2.44. The van der Waals surface area contributed by atoms with Crippen molar-refractivity contribution in [2.24, 2.45) is 5.92 Å². The van der Waals surface area contributed by atoms with Gasteiger partial charge in [-0.25, -0.2) is 0 Å². The normalized spacial score (nSPS) is 22.8. The zero-order valence-electron chi connectivity index (χ0n) is 12.3. The summed E-state index contributed by atoms with van der Waals surface area (Å²) in [6.45, 7) is 4.93. The van der Waals surface area contributed by atoms with Gasteiger partial charge in [0, 0.05) is 12.6 Å². The van der Waals surface area contributed by atoms with Crippen LogP contribution in [0.2, 0.25) is 0 Å². The van der Waals surface area contributed by atoms with Crippen molar-refractivity contribution in [3.63, 3.8) is 0 Å². The van der Waals surface area contributed by atoms with Gasteiger partial charge in [-0.2, -0.15) is 0 Å². The van der Waals surface area contributed by atoms with Crippen LogP contribution in [0, 0.1) is 5.92 Å². The first kappa shape index (κ1) is 16.0. The van der Waals surface area contributed by atoms with Gasteiger partial charge in [-0.3, -0.25) is 9.59 Å². The summed E-state index contributed by atoms with van der Waals surface area (Å²) in [5.74, 6) is -0.138. The van der Waals surface area contributed by atoms with Gasteiger partial charge in [0.15, 0.2) is 0 Å². The van der Waals surface area contributed by atoms with Crippen molar-refractivity contribution >= 4 is 11.8 Å². The van der Waals surface area contributed by atoms with E-state index in [1.54, 1.807) is 0 Å². The topological polar surface area (TPSA) is 58.2 Å². The third-order valence-electron chi connectivity index (χ3n) is 4.03. The lowest BCUT2D eigenvalue weighted by atomic mass is 9.84. The van der Waals surface area contributed by atoms with E-state index in [0.29, 0.717) is 6.54 Å². The van der Waals surface area contributed by atoms with E-state index < -0.39 is 11.8 Å². The summed E-state index contributed by atoms with van der Waals surface area (Å²) in [4.78, 5) is 23.3. The minimum atomic E-state index is -0.478. The first-order valence-corrected chi connectivity index (χ1v) is 7.76. The fraction of sp³-hybridized carbons (Fsp3) is 0.867. The molecule has 0 bridgehead atoms. The van der Waals surface area contributed by atoms with E-state index in [-0.39, 0.29) is 6.04 Å². The molecule has 0 spiro atoms. The smallest absolute Gasteiger partial charge is 0.309 e. The number of amides is 2. The SMILES string of the molecule is CCCCCNC(=O)C(=O)NC1CCC(CC)CC1. The van der Waals surface area contributed by atoms with E-state index in [9.17, 15) is 9.59 Å². The van der Waals surface area contributed by atoms with E-state index in [4.69, 9.17) is 0 Å². The van der Waals surface area contributed by atoms with Gasteiger partial charge in [0.1, 0.15) is 0 Å². The van der Waals surface area contributed by atoms with Gasteiger partial charge in [-0.15, -0.1) is 0 Å². The number of unbranched alkanes of at least 4 members (excludes halogenated alkanes) is 2. The van der Waals surface area contributed by atoms with Crippen molar-refractivity contribution < 1.29 is 9.59 Å². The molecule has 2 N–H and O–H groups in total. The maximum absolute atomic E-state index is 11.7. The summed E-state index contributed by atoms with van der Waals surface area (Å²) in [6.07, 6.45) is 8.71. The standard InChI is InChI=1S/C15H28N2O2/c1-3-5-6-11-16-14(18)15(19)17-13-9-7-12(4-2)8-10-13/h12-13H,3-11H2,1-2H3,(H,16,18)(H,17,19). The van der Waals surface area contributed by atoms with E-state index in [0.717, 1.165) is 38.0 Å². The van der Waals surface area contributed by atoms with Crippen molar-refractivity contribution in [2.75, 3.05) is 6.54 Å². The molecule has 0 atom stereocenters. The molecule has 0 aromatic carbocycles. The van der Waals surface area contributed by atoms with Crippen molar-refractivity contribution in [3.05, 3.63) is 0 Å². The second-order valence-electron chi connectivity index (χ2n) is 5.56. The average molecular weight is 268 g/mol. The van der Waals surface area contributed by atoms with Crippen LogP contribution in [0.3, 0.4) is 0 Å². The number of carbonyl (C=O) groups excluding carboxylic acids is 2. The maximum atomic E-state index is 11.7. The molecule has 0 aromatic heterocycles. The Morgan fingerprint density at radius 2 is 1.68 bits per heavy atom. The van der Waals surface area contributed by atoms with Crippen molar-refractivity contribution in [3.8, 4) is 0 Å². The minimum absolute atomic E-state index is 0.191. The van der Waals surface area contributed by atoms with Crippen LogP contribution in [0.1, 0.15) is 65.2 Å². The Labute approximate surface area is 116 Å². The molecule has 1 aliphatic rings. The molecule has 1 aliphatic carbocycles. The highest BCUT2D eigenvalue weighted by atomic mass is 16.2. The second-order valence-corrected chi connectivity index (χ2v) is 5.56. The largest absolute Gasteiger partial charge is 0.348 e. The third-order valence-corrected chi connectivity index (χ3v) is 4.03. The number of carbonyl (C=O) groups is 2. The Morgan fingerprint density at radius 3 is 2.26 bits per heavy atom. The molecular weight excluding hydrogens is 240 g/mol. The third kappa shape index (κ3) is 6.08. The molecule has 2 amide bonds. The fourth-order valence-corrected chi connectivity index (χ4v) is 2.62. The number of hydrogen-bond acceptors (Lipinski definition) is 2. The quantitative estimate of drug-likeness (QED) is 0.574. The van der Waals surface area contributed by atoms with Crippen LogP contribution in [-0.2, 0) is 9.59 Å². The molecule has 0 heterocycles. The van der Waals surface area contributed by atoms with Gasteiger partial charge < -0.3 is 10.6 Å². The molecule has 0 aromatic rings. The Balaban J connectivity index is 2.17. The summed E-state index contributed by atoms with van der Waals surface area (Å²) >= 11 is 0. The predicted octanol–water partition coefficient (Wildman–Crippen LogP) is 2.38. The van der Waals surface area contributed by atoms with Gasteiger partial charge in [0.05, 0.1) is 0 Å². The Kier molecular flexibility index (Phi) is 7.53. The lowest BCUT2D eigenvalue weighted by Crippen LogP contribution is -2.45. The number of hydrogen-bond donors (Lipinski definition) is 2. The molecule has 4 nitrogen and oxygen atoms in total. The Hall–Kier alpha value is -1.06. The molecule has 0 radical (unpaired) electrons. The van der Waals surface area contributed by atoms with Crippen molar-refractivity contribution in [2.45, 2.75) is 71.3 Å². The highest BCUT2D eigenvalue weighted by Crippen LogP contribution is 2.26. The molecule has 1 fully saturated rings. The molecule has 110 valence electrons. The molecular formula is C15H28N2O2. The van der Waals surface area contributed by atoms with E-state index in [1.807, 2.05) is 0 Å². The lowest BCUT2D eigenvalue weighted by Gasteiger charge is -2.28. The van der Waals surface area contributed by atoms with Crippen LogP contribution in [0.4, 0.5) is 0 Å². The van der Waals surface area contributed by atoms with Gasteiger partial charge in [-0.05, 0) is 38.0 Å². The van der Waals surface area contributed by atoms with Crippen LogP contribution in [-0.4, -0.2) is 24.4 Å². The molecule has 19 heavy (non-hydrogen) atoms. The molecule has 1 rings (SSSR count). The zero-order valence-corrected chi connectivity index (χ0v) is 12.3. The highest BCUT2D eigenvalue weighted by molar-refractivity contribution is 6.35. The van der Waals surface area contributed by atoms with E-state index in [2.05, 4.69) is 24.5 Å². The zero-order chi connectivity index (χ0) is 14.1. The predicted molar refractivity (Wildman–Crippen MR) is 76.7 cm³/mol. The molecule has 0 aliphatic heterocycles. The maximum Gasteiger partial charge on any atom is 0.309 e. The van der Waals surface area contributed by atoms with Gasteiger partial charge in [0.25, 0.3) is 0 Å². The molecule has 4 heteroatoms. The fourth-order valence-electron chi connectivity index (χ4n) is 2.62. The monoisotopic (exact) mass is 268 g/mol. The molecule has 0 saturated heterocycles. The van der Waals surface area contributed by atoms with Crippen molar-refractivity contribution in [1.29, 1.82) is 0 Å². The molecule has 0 unspecified atom stereocenters. The first-order chi connectivity index (χ1) is 9.17. The van der Waals surface area contributed by atoms with Crippen LogP contribution in [0.5, 0.6) is 0 Å². The minimum Gasteiger partial charge on any atom is -0.348 e. The van der Waals surface area contributed by atoms with Gasteiger partial charge in [-0.1, -0.05) is 33.1 Å². The van der Waals surface area contributed by atoms with Crippen LogP contribution in [0.25, 0.3) is 0 Å². The lowest BCUT2D eigenvalue weighted by molar-refractivity contribution is -0.139. The van der Waals surface area contributed by atoms with Crippen LogP contribution >= 0.6 is 0 Å². The summed E-state index contributed by atoms with van der Waals surface area (Å²) in [5, 5.41) is 5.53. The van der Waals surface area contributed by atoms with Crippen LogP contribution < -0.4 is 10.6 Å². The van der Waals surface area contributed by atoms with Crippen molar-refractivity contribution in [1.82, 2.24) is 10.6 Å².